The summed E-state index contributed by atoms with van der Waals surface area (Å²) in [6.45, 7) is 1.10. The van der Waals surface area contributed by atoms with Gasteiger partial charge in [0.1, 0.15) is 0 Å². The van der Waals surface area contributed by atoms with Crippen LogP contribution in [0.25, 0.3) is 0 Å². The van der Waals surface area contributed by atoms with Crippen LogP contribution in [-0.2, 0) is 11.3 Å². The third-order valence-electron chi connectivity index (χ3n) is 2.54. The Hall–Kier alpha value is -1.50. The van der Waals surface area contributed by atoms with Gasteiger partial charge in [-0.25, -0.2) is 9.97 Å². The van der Waals surface area contributed by atoms with Crippen LogP contribution in [0.4, 0.5) is 5.95 Å². The maximum absolute atomic E-state index is 9.79. The minimum Gasteiger partial charge on any atom is -0.389 e. The second kappa shape index (κ2) is 7.94. The fraction of sp³-hybridized carbons (Fsp3) is 0.286. The Kier molecular flexibility index (Phi) is 5.91. The van der Waals surface area contributed by atoms with Gasteiger partial charge < -0.3 is 15.2 Å². The standard InChI is InChI=1S/C14H16BrN3O2/c15-12-6-16-14(17-7-12)18-8-13(19)10-20-9-11-4-2-1-3-5-11/h1-7,13,19H,8-10H2,(H,16,17,18)/t13-/m1/s1. The summed E-state index contributed by atoms with van der Waals surface area (Å²) in [5, 5.41) is 12.7. The minimum atomic E-state index is -0.606. The Balaban J connectivity index is 1.65. The summed E-state index contributed by atoms with van der Waals surface area (Å²) in [5.74, 6) is 0.482. The molecule has 2 rings (SSSR count). The van der Waals surface area contributed by atoms with E-state index in [1.165, 1.54) is 0 Å². The summed E-state index contributed by atoms with van der Waals surface area (Å²) in [6.07, 6.45) is 2.69. The molecule has 1 aromatic carbocycles. The number of aromatic nitrogens is 2. The number of hydrogen-bond donors (Lipinski definition) is 2. The first-order valence-corrected chi connectivity index (χ1v) is 7.04. The molecule has 0 unspecified atom stereocenters. The van der Waals surface area contributed by atoms with Crippen LogP contribution in [0.3, 0.4) is 0 Å². The summed E-state index contributed by atoms with van der Waals surface area (Å²) in [4.78, 5) is 8.11. The van der Waals surface area contributed by atoms with Crippen molar-refractivity contribution in [2.75, 3.05) is 18.5 Å². The Morgan fingerprint density at radius 3 is 2.60 bits per heavy atom. The lowest BCUT2D eigenvalue weighted by Gasteiger charge is -2.12. The average molecular weight is 338 g/mol. The molecule has 0 radical (unpaired) electrons. The number of nitrogens with zero attached hydrogens (tertiary/aromatic N) is 2. The normalized spacial score (nSPS) is 12.1. The highest BCUT2D eigenvalue weighted by atomic mass is 79.9. The molecule has 106 valence electrons. The molecule has 20 heavy (non-hydrogen) atoms. The molecule has 1 aromatic heterocycles. The first-order valence-electron chi connectivity index (χ1n) is 6.25. The second-order valence-electron chi connectivity index (χ2n) is 4.26. The molecule has 0 aliphatic rings. The van der Waals surface area contributed by atoms with Crippen LogP contribution in [0.1, 0.15) is 5.56 Å². The number of hydrogen-bond acceptors (Lipinski definition) is 5. The SMILES string of the molecule is O[C@H](CNc1ncc(Br)cn1)COCc1ccccc1. The van der Waals surface area contributed by atoms with Gasteiger partial charge in [-0.15, -0.1) is 0 Å². The Morgan fingerprint density at radius 1 is 1.20 bits per heavy atom. The van der Waals surface area contributed by atoms with Gasteiger partial charge in [-0.1, -0.05) is 30.3 Å². The smallest absolute Gasteiger partial charge is 0.222 e. The molecule has 6 heteroatoms. The van der Waals surface area contributed by atoms with Crippen LogP contribution in [0.5, 0.6) is 0 Å². The molecule has 0 aliphatic carbocycles. The lowest BCUT2D eigenvalue weighted by Crippen LogP contribution is -2.25. The molecular weight excluding hydrogens is 322 g/mol. The molecule has 1 heterocycles. The molecular formula is C14H16BrN3O2. The van der Waals surface area contributed by atoms with Crippen LogP contribution in [-0.4, -0.2) is 34.3 Å². The zero-order chi connectivity index (χ0) is 14.2. The van der Waals surface area contributed by atoms with Crippen molar-refractivity contribution < 1.29 is 9.84 Å². The van der Waals surface area contributed by atoms with Crippen LogP contribution in [0.15, 0.2) is 47.2 Å². The number of benzene rings is 1. The highest BCUT2D eigenvalue weighted by Gasteiger charge is 2.05. The van der Waals surface area contributed by atoms with Gasteiger partial charge in [0.15, 0.2) is 0 Å². The Labute approximate surface area is 126 Å². The lowest BCUT2D eigenvalue weighted by molar-refractivity contribution is 0.0347. The monoisotopic (exact) mass is 337 g/mol. The third kappa shape index (κ3) is 5.24. The highest BCUT2D eigenvalue weighted by Crippen LogP contribution is 2.07. The van der Waals surface area contributed by atoms with Crippen molar-refractivity contribution in [1.29, 1.82) is 0 Å². The molecule has 0 fully saturated rings. The molecule has 0 saturated heterocycles. The van der Waals surface area contributed by atoms with Crippen molar-refractivity contribution in [3.63, 3.8) is 0 Å². The van der Waals surface area contributed by atoms with Gasteiger partial charge in [0.2, 0.25) is 5.95 Å². The molecule has 2 aromatic rings. The fourth-order valence-electron chi connectivity index (χ4n) is 1.56. The number of anilines is 1. The van der Waals surface area contributed by atoms with E-state index in [2.05, 4.69) is 31.2 Å². The van der Waals surface area contributed by atoms with Gasteiger partial charge in [-0.05, 0) is 21.5 Å². The van der Waals surface area contributed by atoms with Crippen molar-refractivity contribution in [3.05, 3.63) is 52.8 Å². The number of aliphatic hydroxyl groups is 1. The molecule has 0 amide bonds. The lowest BCUT2D eigenvalue weighted by atomic mass is 10.2. The molecule has 5 nitrogen and oxygen atoms in total. The van der Waals surface area contributed by atoms with Gasteiger partial charge in [-0.3, -0.25) is 0 Å². The first kappa shape index (κ1) is 14.9. The Morgan fingerprint density at radius 2 is 1.90 bits per heavy atom. The average Bonchev–Trinajstić information content (AvgIpc) is 2.48. The highest BCUT2D eigenvalue weighted by molar-refractivity contribution is 9.10. The summed E-state index contributed by atoms with van der Waals surface area (Å²) < 4.78 is 6.27. The first-order chi connectivity index (χ1) is 9.74. The van der Waals surface area contributed by atoms with E-state index in [4.69, 9.17) is 4.74 Å². The van der Waals surface area contributed by atoms with Gasteiger partial charge in [0.25, 0.3) is 0 Å². The minimum absolute atomic E-state index is 0.262. The van der Waals surface area contributed by atoms with E-state index in [-0.39, 0.29) is 6.61 Å². The van der Waals surface area contributed by atoms with E-state index >= 15 is 0 Å². The van der Waals surface area contributed by atoms with Crippen molar-refractivity contribution >= 4 is 21.9 Å². The number of aliphatic hydroxyl groups excluding tert-OH is 1. The third-order valence-corrected chi connectivity index (χ3v) is 2.95. The zero-order valence-electron chi connectivity index (χ0n) is 10.9. The molecule has 0 aliphatic heterocycles. The molecule has 1 atom stereocenters. The quantitative estimate of drug-likeness (QED) is 0.810. The van der Waals surface area contributed by atoms with E-state index in [1.807, 2.05) is 30.3 Å². The van der Waals surface area contributed by atoms with Crippen molar-refractivity contribution in [3.8, 4) is 0 Å². The summed E-state index contributed by atoms with van der Waals surface area (Å²) in [5.41, 5.74) is 1.09. The molecule has 0 bridgehead atoms. The van der Waals surface area contributed by atoms with Crippen LogP contribution in [0.2, 0.25) is 0 Å². The number of halogens is 1. The molecule has 0 saturated carbocycles. The predicted octanol–water partition coefficient (Wildman–Crippen LogP) is 2.23. The number of rotatable bonds is 7. The largest absolute Gasteiger partial charge is 0.389 e. The maximum atomic E-state index is 9.79. The Bertz CT molecular complexity index is 508. The van der Waals surface area contributed by atoms with E-state index in [1.54, 1.807) is 12.4 Å². The van der Waals surface area contributed by atoms with Crippen molar-refractivity contribution in [2.45, 2.75) is 12.7 Å². The fourth-order valence-corrected chi connectivity index (χ4v) is 1.76. The molecule has 2 N–H and O–H groups in total. The maximum Gasteiger partial charge on any atom is 0.222 e. The number of ether oxygens (including phenoxy) is 1. The summed E-state index contributed by atoms with van der Waals surface area (Å²) in [7, 11) is 0. The topological polar surface area (TPSA) is 67.3 Å². The van der Waals surface area contributed by atoms with E-state index in [0.717, 1.165) is 10.0 Å². The van der Waals surface area contributed by atoms with Gasteiger partial charge in [0, 0.05) is 18.9 Å². The summed E-state index contributed by atoms with van der Waals surface area (Å²) in [6, 6.07) is 9.85. The van der Waals surface area contributed by atoms with Crippen LogP contribution in [0, 0.1) is 0 Å². The molecule has 0 spiro atoms. The van der Waals surface area contributed by atoms with Crippen LogP contribution >= 0.6 is 15.9 Å². The van der Waals surface area contributed by atoms with Crippen molar-refractivity contribution in [1.82, 2.24) is 9.97 Å². The van der Waals surface area contributed by atoms with Gasteiger partial charge in [-0.2, -0.15) is 0 Å². The van der Waals surface area contributed by atoms with Crippen molar-refractivity contribution in [2.24, 2.45) is 0 Å². The zero-order valence-corrected chi connectivity index (χ0v) is 12.5. The summed E-state index contributed by atoms with van der Waals surface area (Å²) >= 11 is 3.26. The predicted molar refractivity (Wildman–Crippen MR) is 80.3 cm³/mol. The van der Waals surface area contributed by atoms with E-state index in [9.17, 15) is 5.11 Å². The van der Waals surface area contributed by atoms with Gasteiger partial charge in [0.05, 0.1) is 23.8 Å². The van der Waals surface area contributed by atoms with Crippen LogP contribution < -0.4 is 5.32 Å². The second-order valence-corrected chi connectivity index (χ2v) is 5.18. The number of nitrogens with one attached hydrogen (secondary N) is 1. The van der Waals surface area contributed by atoms with Gasteiger partial charge >= 0.3 is 0 Å². The van der Waals surface area contributed by atoms with E-state index in [0.29, 0.717) is 19.1 Å². The van der Waals surface area contributed by atoms with E-state index < -0.39 is 6.10 Å².